The molecule has 0 spiro atoms. The van der Waals surface area contributed by atoms with Gasteiger partial charge in [0, 0.05) is 16.4 Å². The maximum atomic E-state index is 14.4. The van der Waals surface area contributed by atoms with Gasteiger partial charge in [-0.2, -0.15) is 47.9 Å². The van der Waals surface area contributed by atoms with Crippen molar-refractivity contribution in [3.05, 3.63) is 36.4 Å². The minimum atomic E-state index is -7.39. The molecule has 0 aromatic heterocycles. The average Bonchev–Trinajstić information content (AvgIpc) is 3.36. The van der Waals surface area contributed by atoms with Crippen LogP contribution in [0.2, 0.25) is 0 Å². The highest BCUT2D eigenvalue weighted by Gasteiger charge is 2.86. The van der Waals surface area contributed by atoms with E-state index in [0.29, 0.717) is 23.6 Å². The molecular formula is C24H25F9O5S3. The van der Waals surface area contributed by atoms with Gasteiger partial charge in [-0.15, -0.1) is 0 Å². The van der Waals surface area contributed by atoms with Gasteiger partial charge in [-0.25, -0.2) is 12.0 Å². The van der Waals surface area contributed by atoms with Crippen LogP contribution in [0.15, 0.2) is 46.2 Å². The van der Waals surface area contributed by atoms with E-state index >= 15 is 0 Å². The standard InChI is InChI=1S/C24H25F9O5S3/c25-21(26,23(29,30)31)22(27,28)24(32,33)41(36,37)38-39(12-4-5-13-39)19-10-8-17-15-20(11-9-16(17)14-19)40(34,35)18-6-2-1-3-7-18/h8-11,14-15,18H,1-7,12-13H2. The second-order valence-electron chi connectivity index (χ2n) is 10.1. The van der Waals surface area contributed by atoms with E-state index in [4.69, 9.17) is 0 Å². The van der Waals surface area contributed by atoms with Gasteiger partial charge in [0.2, 0.25) is 0 Å². The molecule has 0 atom stereocenters. The summed E-state index contributed by atoms with van der Waals surface area (Å²) in [6.45, 7) is 0. The molecule has 1 aliphatic heterocycles. The highest BCUT2D eigenvalue weighted by Crippen LogP contribution is 2.65. The third kappa shape index (κ3) is 5.32. The Kier molecular flexibility index (Phi) is 8.22. The number of sulfone groups is 1. The number of fused-ring (bicyclic) bond motifs is 1. The molecule has 4 rings (SSSR count). The fourth-order valence-corrected chi connectivity index (χ4v) is 12.6. The highest BCUT2D eigenvalue weighted by atomic mass is 32.3. The summed E-state index contributed by atoms with van der Waals surface area (Å²) < 4.78 is 176. The first kappa shape index (κ1) is 32.2. The lowest BCUT2D eigenvalue weighted by molar-refractivity contribution is -0.382. The minimum Gasteiger partial charge on any atom is -0.223 e. The van der Waals surface area contributed by atoms with E-state index in [1.807, 2.05) is 0 Å². The Balaban J connectivity index is 1.70. The molecule has 0 bridgehead atoms. The second-order valence-corrected chi connectivity index (χ2v) is 17.2. The summed E-state index contributed by atoms with van der Waals surface area (Å²) in [4.78, 5) is -0.0190. The largest absolute Gasteiger partial charge is 0.460 e. The molecule has 5 nitrogen and oxygen atoms in total. The fraction of sp³-hybridized carbons (Fsp3) is 0.583. The lowest BCUT2D eigenvalue weighted by atomic mass is 10.0. The summed E-state index contributed by atoms with van der Waals surface area (Å²) in [5.74, 6) is -15.3. The summed E-state index contributed by atoms with van der Waals surface area (Å²) >= 11 is 0. The summed E-state index contributed by atoms with van der Waals surface area (Å²) in [6.07, 6.45) is -3.35. The maximum absolute atomic E-state index is 14.4. The van der Waals surface area contributed by atoms with Gasteiger partial charge in [0.15, 0.2) is 9.84 Å². The number of benzene rings is 2. The van der Waals surface area contributed by atoms with Gasteiger partial charge in [0.25, 0.3) is 0 Å². The lowest BCUT2D eigenvalue weighted by Gasteiger charge is -2.38. The van der Waals surface area contributed by atoms with Gasteiger partial charge in [-0.1, -0.05) is 41.7 Å². The van der Waals surface area contributed by atoms with Gasteiger partial charge in [-0.3, -0.25) is 0 Å². The Morgan fingerprint density at radius 1 is 0.683 bits per heavy atom. The lowest BCUT2D eigenvalue weighted by Crippen LogP contribution is -2.63. The van der Waals surface area contributed by atoms with Gasteiger partial charge < -0.3 is 0 Å². The van der Waals surface area contributed by atoms with E-state index in [1.165, 1.54) is 36.4 Å². The third-order valence-electron chi connectivity index (χ3n) is 7.38. The monoisotopic (exact) mass is 660 g/mol. The molecule has 1 aliphatic carbocycles. The van der Waals surface area contributed by atoms with Crippen LogP contribution in [0.1, 0.15) is 44.9 Å². The first-order valence-electron chi connectivity index (χ1n) is 12.4. The molecular weight excluding hydrogens is 635 g/mol. The van der Waals surface area contributed by atoms with Gasteiger partial charge >= 0.3 is 33.4 Å². The number of rotatable bonds is 8. The molecule has 0 radical (unpaired) electrons. The zero-order valence-electron chi connectivity index (χ0n) is 21.1. The van der Waals surface area contributed by atoms with E-state index in [-0.39, 0.29) is 34.1 Å². The molecule has 17 heteroatoms. The molecule has 0 N–H and O–H groups in total. The molecule has 41 heavy (non-hydrogen) atoms. The summed E-state index contributed by atoms with van der Waals surface area (Å²) in [7, 11) is -14.1. The number of alkyl halides is 9. The molecule has 2 fully saturated rings. The first-order valence-corrected chi connectivity index (χ1v) is 17.3. The molecule has 232 valence electrons. The normalized spacial score (nSPS) is 20.8. The quantitative estimate of drug-likeness (QED) is 0.273. The van der Waals surface area contributed by atoms with Crippen LogP contribution >= 0.6 is 10.3 Å². The summed E-state index contributed by atoms with van der Waals surface area (Å²) in [5, 5.41) is -6.82. The maximum Gasteiger partial charge on any atom is 0.460 e. The Bertz CT molecular complexity index is 1510. The Hall–Kier alpha value is -1.72. The first-order chi connectivity index (χ1) is 18.7. The Labute approximate surface area is 232 Å². The zero-order valence-corrected chi connectivity index (χ0v) is 23.5. The van der Waals surface area contributed by atoms with E-state index in [1.54, 1.807) is 0 Å². The second kappa shape index (κ2) is 10.5. The molecule has 0 unspecified atom stereocenters. The van der Waals surface area contributed by atoms with Crippen molar-refractivity contribution >= 4 is 41.0 Å². The van der Waals surface area contributed by atoms with E-state index in [9.17, 15) is 56.3 Å². The van der Waals surface area contributed by atoms with E-state index < -0.39 is 58.8 Å². The summed E-state index contributed by atoms with van der Waals surface area (Å²) in [5.41, 5.74) is 0. The van der Waals surface area contributed by atoms with Crippen LogP contribution in [-0.4, -0.2) is 56.9 Å². The molecule has 2 aromatic carbocycles. The Morgan fingerprint density at radius 2 is 1.22 bits per heavy atom. The van der Waals surface area contributed by atoms with Crippen molar-refractivity contribution in [2.75, 3.05) is 11.5 Å². The van der Waals surface area contributed by atoms with Crippen molar-refractivity contribution in [1.29, 1.82) is 0 Å². The number of hydrogen-bond acceptors (Lipinski definition) is 5. The zero-order chi connectivity index (χ0) is 30.7. The van der Waals surface area contributed by atoms with E-state index in [2.05, 4.69) is 3.63 Å². The van der Waals surface area contributed by atoms with Crippen molar-refractivity contribution in [2.24, 2.45) is 0 Å². The van der Waals surface area contributed by atoms with Crippen molar-refractivity contribution < 1.29 is 60.0 Å². The predicted octanol–water partition coefficient (Wildman–Crippen LogP) is 7.59. The van der Waals surface area contributed by atoms with Crippen LogP contribution in [-0.2, 0) is 23.6 Å². The van der Waals surface area contributed by atoms with Crippen molar-refractivity contribution in [3.8, 4) is 0 Å². The number of hydrogen-bond donors (Lipinski definition) is 0. The van der Waals surface area contributed by atoms with Crippen molar-refractivity contribution in [3.63, 3.8) is 0 Å². The molecule has 2 aromatic rings. The van der Waals surface area contributed by atoms with Gasteiger partial charge in [0.05, 0.1) is 10.1 Å². The van der Waals surface area contributed by atoms with Crippen LogP contribution in [0, 0.1) is 0 Å². The predicted molar refractivity (Wildman–Crippen MR) is 134 cm³/mol. The van der Waals surface area contributed by atoms with Crippen molar-refractivity contribution in [1.82, 2.24) is 0 Å². The smallest absolute Gasteiger partial charge is 0.223 e. The third-order valence-corrected chi connectivity index (χ3v) is 15.3. The van der Waals surface area contributed by atoms with Crippen LogP contribution in [0.25, 0.3) is 10.8 Å². The van der Waals surface area contributed by atoms with Gasteiger partial charge in [-0.05, 0) is 60.7 Å². The minimum absolute atomic E-state index is 0.0406. The average molecular weight is 661 g/mol. The number of halogens is 9. The van der Waals surface area contributed by atoms with E-state index in [0.717, 1.165) is 19.3 Å². The van der Waals surface area contributed by atoms with Crippen LogP contribution in [0.3, 0.4) is 0 Å². The SMILES string of the molecule is O=S(=O)(c1ccc2cc(S3(OS(=O)(=O)C(F)(F)C(F)(F)C(F)(F)C(F)(F)F)CCCC3)ccc2c1)C1CCCCC1. The Morgan fingerprint density at radius 3 is 1.78 bits per heavy atom. The van der Waals surface area contributed by atoms with Gasteiger partial charge in [0.1, 0.15) is 0 Å². The van der Waals surface area contributed by atoms with Crippen molar-refractivity contribution in [2.45, 2.75) is 83.3 Å². The molecule has 1 heterocycles. The molecule has 2 aliphatic rings. The summed E-state index contributed by atoms with van der Waals surface area (Å²) in [6, 6.07) is 7.93. The molecule has 1 saturated carbocycles. The highest BCUT2D eigenvalue weighted by molar-refractivity contribution is 8.33. The van der Waals surface area contributed by atoms with Crippen LogP contribution in [0.4, 0.5) is 39.5 Å². The molecule has 1 saturated heterocycles. The molecule has 0 amide bonds. The topological polar surface area (TPSA) is 77.5 Å². The fourth-order valence-electron chi connectivity index (χ4n) is 5.03. The van der Waals surface area contributed by atoms with Crippen LogP contribution < -0.4 is 0 Å². The van der Waals surface area contributed by atoms with Crippen LogP contribution in [0.5, 0.6) is 0 Å².